The van der Waals surface area contributed by atoms with Crippen LogP contribution in [0.4, 0.5) is 5.82 Å². The molecule has 0 bridgehead atoms. The summed E-state index contributed by atoms with van der Waals surface area (Å²) in [5.74, 6) is 1.80. The van der Waals surface area contributed by atoms with Crippen LogP contribution in [-0.2, 0) is 6.42 Å². The third kappa shape index (κ3) is 3.11. The van der Waals surface area contributed by atoms with Crippen LogP contribution in [0.5, 0.6) is 0 Å². The highest BCUT2D eigenvalue weighted by molar-refractivity contribution is 5.45. The molecule has 1 heterocycles. The fourth-order valence-electron chi connectivity index (χ4n) is 2.36. The summed E-state index contributed by atoms with van der Waals surface area (Å²) in [6.45, 7) is 8.32. The average molecular weight is 255 g/mol. The molecule has 0 fully saturated rings. The van der Waals surface area contributed by atoms with Crippen LogP contribution in [-0.4, -0.2) is 17.0 Å². The van der Waals surface area contributed by atoms with Crippen molar-refractivity contribution in [3.63, 3.8) is 0 Å². The van der Waals surface area contributed by atoms with E-state index in [1.165, 1.54) is 16.7 Å². The SMILES string of the molecule is CNc1nc(Cc2cc(C)cc(C)c2)nc(C)c1C. The van der Waals surface area contributed by atoms with E-state index in [0.29, 0.717) is 0 Å². The van der Waals surface area contributed by atoms with Crippen LogP contribution in [0.3, 0.4) is 0 Å². The summed E-state index contributed by atoms with van der Waals surface area (Å²) in [7, 11) is 1.90. The normalized spacial score (nSPS) is 10.6. The number of rotatable bonds is 3. The lowest BCUT2D eigenvalue weighted by molar-refractivity contribution is 0.927. The molecular weight excluding hydrogens is 234 g/mol. The van der Waals surface area contributed by atoms with Crippen LogP contribution in [0.1, 0.15) is 33.8 Å². The fraction of sp³-hybridized carbons (Fsp3) is 0.375. The standard InChI is InChI=1S/C16H21N3/c1-10-6-11(2)8-14(7-10)9-15-18-13(4)12(3)16(17-5)19-15/h6-8H,9H2,1-5H3,(H,17,18,19). The molecule has 1 aromatic heterocycles. The maximum atomic E-state index is 4.58. The lowest BCUT2D eigenvalue weighted by Gasteiger charge is -2.10. The van der Waals surface area contributed by atoms with Crippen molar-refractivity contribution < 1.29 is 0 Å². The van der Waals surface area contributed by atoms with E-state index in [0.717, 1.165) is 29.3 Å². The van der Waals surface area contributed by atoms with Gasteiger partial charge in [0.1, 0.15) is 11.6 Å². The predicted octanol–water partition coefficient (Wildman–Crippen LogP) is 3.34. The summed E-state index contributed by atoms with van der Waals surface area (Å²) in [6, 6.07) is 6.58. The first-order valence-corrected chi connectivity index (χ1v) is 6.58. The van der Waals surface area contributed by atoms with Crippen LogP contribution in [0, 0.1) is 27.7 Å². The van der Waals surface area contributed by atoms with Crippen molar-refractivity contribution in [2.75, 3.05) is 12.4 Å². The van der Waals surface area contributed by atoms with E-state index < -0.39 is 0 Å². The molecule has 0 radical (unpaired) electrons. The zero-order valence-electron chi connectivity index (χ0n) is 12.3. The molecule has 0 atom stereocenters. The lowest BCUT2D eigenvalue weighted by atomic mass is 10.0. The molecule has 0 saturated carbocycles. The molecule has 1 N–H and O–H groups in total. The molecule has 0 saturated heterocycles. The first-order valence-electron chi connectivity index (χ1n) is 6.58. The highest BCUT2D eigenvalue weighted by Crippen LogP contribution is 2.17. The van der Waals surface area contributed by atoms with Gasteiger partial charge >= 0.3 is 0 Å². The molecule has 3 heteroatoms. The molecule has 0 aliphatic rings. The monoisotopic (exact) mass is 255 g/mol. The fourth-order valence-corrected chi connectivity index (χ4v) is 2.36. The van der Waals surface area contributed by atoms with Crippen molar-refractivity contribution >= 4 is 5.82 Å². The maximum absolute atomic E-state index is 4.58. The van der Waals surface area contributed by atoms with Gasteiger partial charge in [-0.2, -0.15) is 0 Å². The van der Waals surface area contributed by atoms with Gasteiger partial charge in [0.05, 0.1) is 0 Å². The number of anilines is 1. The van der Waals surface area contributed by atoms with E-state index in [1.54, 1.807) is 0 Å². The average Bonchev–Trinajstić information content (AvgIpc) is 2.32. The highest BCUT2D eigenvalue weighted by atomic mass is 15.0. The van der Waals surface area contributed by atoms with Gasteiger partial charge in [-0.15, -0.1) is 0 Å². The summed E-state index contributed by atoms with van der Waals surface area (Å²) in [5, 5.41) is 3.13. The largest absolute Gasteiger partial charge is 0.373 e. The molecule has 0 aliphatic carbocycles. The molecule has 19 heavy (non-hydrogen) atoms. The van der Waals surface area contributed by atoms with E-state index in [9.17, 15) is 0 Å². The van der Waals surface area contributed by atoms with Gasteiger partial charge in [0, 0.05) is 24.7 Å². The Kier molecular flexibility index (Phi) is 3.84. The molecule has 0 spiro atoms. The van der Waals surface area contributed by atoms with Gasteiger partial charge in [0.25, 0.3) is 0 Å². The van der Waals surface area contributed by atoms with E-state index >= 15 is 0 Å². The molecule has 1 aromatic carbocycles. The Morgan fingerprint density at radius 1 is 0.947 bits per heavy atom. The Hall–Kier alpha value is -1.90. The molecule has 3 nitrogen and oxygen atoms in total. The summed E-state index contributed by atoms with van der Waals surface area (Å²) in [4.78, 5) is 9.17. The first-order chi connectivity index (χ1) is 8.99. The highest BCUT2D eigenvalue weighted by Gasteiger charge is 2.07. The quantitative estimate of drug-likeness (QED) is 0.914. The first kappa shape index (κ1) is 13.5. The molecular formula is C16H21N3. The number of nitrogens with zero attached hydrogens (tertiary/aromatic N) is 2. The van der Waals surface area contributed by atoms with E-state index in [1.807, 2.05) is 20.9 Å². The van der Waals surface area contributed by atoms with Crippen molar-refractivity contribution in [3.8, 4) is 0 Å². The Morgan fingerprint density at radius 3 is 2.16 bits per heavy atom. The zero-order valence-corrected chi connectivity index (χ0v) is 12.3. The van der Waals surface area contributed by atoms with Crippen molar-refractivity contribution in [2.24, 2.45) is 0 Å². The van der Waals surface area contributed by atoms with E-state index in [2.05, 4.69) is 47.3 Å². The second-order valence-corrected chi connectivity index (χ2v) is 5.12. The number of hydrogen-bond donors (Lipinski definition) is 1. The number of benzene rings is 1. The number of nitrogens with one attached hydrogen (secondary N) is 1. The van der Waals surface area contributed by atoms with Crippen molar-refractivity contribution in [2.45, 2.75) is 34.1 Å². The van der Waals surface area contributed by atoms with E-state index in [4.69, 9.17) is 0 Å². The van der Waals surface area contributed by atoms with Gasteiger partial charge in [-0.05, 0) is 33.3 Å². The Balaban J connectivity index is 2.35. The minimum absolute atomic E-state index is 0.776. The van der Waals surface area contributed by atoms with Crippen LogP contribution >= 0.6 is 0 Å². The number of aromatic nitrogens is 2. The van der Waals surface area contributed by atoms with Crippen molar-refractivity contribution in [1.82, 2.24) is 9.97 Å². The Labute approximate surface area is 115 Å². The zero-order chi connectivity index (χ0) is 14.0. The second kappa shape index (κ2) is 5.39. The van der Waals surface area contributed by atoms with Crippen molar-refractivity contribution in [3.05, 3.63) is 52.0 Å². The smallest absolute Gasteiger partial charge is 0.135 e. The molecule has 0 unspecified atom stereocenters. The number of aryl methyl sites for hydroxylation is 3. The second-order valence-electron chi connectivity index (χ2n) is 5.12. The van der Waals surface area contributed by atoms with Gasteiger partial charge in [-0.25, -0.2) is 9.97 Å². The predicted molar refractivity (Wildman–Crippen MR) is 79.8 cm³/mol. The van der Waals surface area contributed by atoms with Crippen LogP contribution in [0.2, 0.25) is 0 Å². The van der Waals surface area contributed by atoms with E-state index in [-0.39, 0.29) is 0 Å². The molecule has 2 rings (SSSR count). The molecule has 2 aromatic rings. The summed E-state index contributed by atoms with van der Waals surface area (Å²) < 4.78 is 0. The summed E-state index contributed by atoms with van der Waals surface area (Å²) in [5.41, 5.74) is 5.99. The summed E-state index contributed by atoms with van der Waals surface area (Å²) >= 11 is 0. The third-order valence-corrected chi connectivity index (χ3v) is 3.32. The molecule has 0 aliphatic heterocycles. The van der Waals surface area contributed by atoms with Gasteiger partial charge in [-0.1, -0.05) is 29.3 Å². The minimum atomic E-state index is 0.776. The maximum Gasteiger partial charge on any atom is 0.135 e. The van der Waals surface area contributed by atoms with Crippen LogP contribution in [0.15, 0.2) is 18.2 Å². The van der Waals surface area contributed by atoms with Crippen LogP contribution in [0.25, 0.3) is 0 Å². The summed E-state index contributed by atoms with van der Waals surface area (Å²) in [6.07, 6.45) is 0.776. The molecule has 0 amide bonds. The minimum Gasteiger partial charge on any atom is -0.373 e. The van der Waals surface area contributed by atoms with Gasteiger partial charge < -0.3 is 5.32 Å². The Morgan fingerprint density at radius 2 is 1.58 bits per heavy atom. The molecule has 100 valence electrons. The van der Waals surface area contributed by atoms with Gasteiger partial charge in [0.15, 0.2) is 0 Å². The van der Waals surface area contributed by atoms with Crippen molar-refractivity contribution in [1.29, 1.82) is 0 Å². The Bertz CT molecular complexity index is 583. The number of hydrogen-bond acceptors (Lipinski definition) is 3. The lowest BCUT2D eigenvalue weighted by Crippen LogP contribution is -2.06. The van der Waals surface area contributed by atoms with Gasteiger partial charge in [-0.3, -0.25) is 0 Å². The van der Waals surface area contributed by atoms with Crippen LogP contribution < -0.4 is 5.32 Å². The topological polar surface area (TPSA) is 37.8 Å². The van der Waals surface area contributed by atoms with Gasteiger partial charge in [0.2, 0.25) is 0 Å². The third-order valence-electron chi connectivity index (χ3n) is 3.32.